The molecule has 1 rings (SSSR count). The van der Waals surface area contributed by atoms with E-state index in [1.54, 1.807) is 6.92 Å². The van der Waals surface area contributed by atoms with Crippen LogP contribution in [-0.2, 0) is 14.3 Å². The molecule has 1 fully saturated rings. The smallest absolute Gasteiger partial charge is 0.307 e. The molecule has 2 unspecified atom stereocenters. The van der Waals surface area contributed by atoms with E-state index in [1.807, 2.05) is 6.92 Å². The SMILES string of the molecule is CCOC(=O)CC(C)N1CCOC(CO)C1. The first kappa shape index (κ1) is 13.4. The average Bonchev–Trinajstić information content (AvgIpc) is 2.29. The zero-order valence-corrected chi connectivity index (χ0v) is 10.0. The molecule has 0 spiro atoms. The first-order valence-corrected chi connectivity index (χ1v) is 5.79. The molecule has 0 radical (unpaired) electrons. The van der Waals surface area contributed by atoms with Crippen molar-refractivity contribution in [1.29, 1.82) is 0 Å². The molecule has 2 atom stereocenters. The number of carbonyl (C=O) groups is 1. The summed E-state index contributed by atoms with van der Waals surface area (Å²) in [5.74, 6) is -0.165. The highest BCUT2D eigenvalue weighted by Crippen LogP contribution is 2.11. The van der Waals surface area contributed by atoms with Gasteiger partial charge in [-0.3, -0.25) is 9.69 Å². The van der Waals surface area contributed by atoms with Gasteiger partial charge in [-0.15, -0.1) is 0 Å². The van der Waals surface area contributed by atoms with Gasteiger partial charge in [-0.25, -0.2) is 0 Å². The van der Waals surface area contributed by atoms with E-state index in [9.17, 15) is 4.79 Å². The van der Waals surface area contributed by atoms with Crippen LogP contribution >= 0.6 is 0 Å². The fourth-order valence-corrected chi connectivity index (χ4v) is 1.84. The second-order valence-corrected chi connectivity index (χ2v) is 4.03. The number of hydrogen-bond donors (Lipinski definition) is 1. The van der Waals surface area contributed by atoms with Crippen molar-refractivity contribution in [3.63, 3.8) is 0 Å². The molecule has 0 aromatic rings. The molecule has 0 amide bonds. The van der Waals surface area contributed by atoms with Gasteiger partial charge in [-0.2, -0.15) is 0 Å². The molecule has 5 heteroatoms. The maximum absolute atomic E-state index is 11.3. The minimum Gasteiger partial charge on any atom is -0.466 e. The van der Waals surface area contributed by atoms with Crippen LogP contribution in [0.2, 0.25) is 0 Å². The Morgan fingerprint density at radius 1 is 1.69 bits per heavy atom. The molecule has 5 nitrogen and oxygen atoms in total. The maximum Gasteiger partial charge on any atom is 0.307 e. The molecule has 16 heavy (non-hydrogen) atoms. The van der Waals surface area contributed by atoms with Crippen molar-refractivity contribution >= 4 is 5.97 Å². The average molecular weight is 231 g/mol. The lowest BCUT2D eigenvalue weighted by Crippen LogP contribution is -2.48. The summed E-state index contributed by atoms with van der Waals surface area (Å²) in [6, 6.07) is 0.136. The summed E-state index contributed by atoms with van der Waals surface area (Å²) in [5.41, 5.74) is 0. The number of morpholine rings is 1. The van der Waals surface area contributed by atoms with E-state index < -0.39 is 0 Å². The predicted molar refractivity (Wildman–Crippen MR) is 59.1 cm³/mol. The molecule has 94 valence electrons. The highest BCUT2D eigenvalue weighted by Gasteiger charge is 2.25. The van der Waals surface area contributed by atoms with Gasteiger partial charge in [0, 0.05) is 19.1 Å². The van der Waals surface area contributed by atoms with Crippen molar-refractivity contribution in [3.05, 3.63) is 0 Å². The van der Waals surface area contributed by atoms with E-state index in [1.165, 1.54) is 0 Å². The standard InChI is InChI=1S/C11H21NO4/c1-3-15-11(14)6-9(2)12-4-5-16-10(7-12)8-13/h9-10,13H,3-8H2,1-2H3. The molecule has 1 aliphatic heterocycles. The van der Waals surface area contributed by atoms with Gasteiger partial charge in [-0.05, 0) is 13.8 Å². The molecule has 0 aromatic carbocycles. The fraction of sp³-hybridized carbons (Fsp3) is 0.909. The summed E-state index contributed by atoms with van der Waals surface area (Å²) in [7, 11) is 0. The number of rotatable bonds is 5. The van der Waals surface area contributed by atoms with Crippen LogP contribution in [0.25, 0.3) is 0 Å². The Morgan fingerprint density at radius 2 is 2.44 bits per heavy atom. The van der Waals surface area contributed by atoms with Gasteiger partial charge in [0.15, 0.2) is 0 Å². The Kier molecular flexibility index (Phi) is 5.73. The number of ether oxygens (including phenoxy) is 2. The van der Waals surface area contributed by atoms with E-state index >= 15 is 0 Å². The second kappa shape index (κ2) is 6.83. The van der Waals surface area contributed by atoms with E-state index in [0.717, 1.165) is 6.54 Å². The Hall–Kier alpha value is -0.650. The third kappa shape index (κ3) is 4.08. The van der Waals surface area contributed by atoms with E-state index in [-0.39, 0.29) is 24.7 Å². The van der Waals surface area contributed by atoms with Crippen molar-refractivity contribution < 1.29 is 19.4 Å². The number of esters is 1. The van der Waals surface area contributed by atoms with Gasteiger partial charge >= 0.3 is 5.97 Å². The van der Waals surface area contributed by atoms with Crippen molar-refractivity contribution in [2.45, 2.75) is 32.4 Å². The molecule has 0 aromatic heterocycles. The third-order valence-corrected chi connectivity index (χ3v) is 2.76. The van der Waals surface area contributed by atoms with Gasteiger partial charge < -0.3 is 14.6 Å². The van der Waals surface area contributed by atoms with Gasteiger partial charge in [0.1, 0.15) is 0 Å². The van der Waals surface area contributed by atoms with E-state index in [4.69, 9.17) is 14.6 Å². The molecular weight excluding hydrogens is 210 g/mol. The normalized spacial score (nSPS) is 24.1. The van der Waals surface area contributed by atoms with Crippen LogP contribution in [0.3, 0.4) is 0 Å². The van der Waals surface area contributed by atoms with Crippen LogP contribution in [0.4, 0.5) is 0 Å². The lowest BCUT2D eigenvalue weighted by atomic mass is 10.1. The van der Waals surface area contributed by atoms with Crippen molar-refractivity contribution in [2.75, 3.05) is 32.9 Å². The maximum atomic E-state index is 11.3. The predicted octanol–water partition coefficient (Wildman–Crippen LogP) is 0.0212. The van der Waals surface area contributed by atoms with Gasteiger partial charge in [0.25, 0.3) is 0 Å². The van der Waals surface area contributed by atoms with Crippen LogP contribution in [0.5, 0.6) is 0 Å². The molecule has 0 bridgehead atoms. The highest BCUT2D eigenvalue weighted by atomic mass is 16.5. The zero-order valence-electron chi connectivity index (χ0n) is 10.0. The lowest BCUT2D eigenvalue weighted by Gasteiger charge is -2.35. The first-order chi connectivity index (χ1) is 7.67. The zero-order chi connectivity index (χ0) is 12.0. The Morgan fingerprint density at radius 3 is 3.06 bits per heavy atom. The minimum atomic E-state index is -0.165. The second-order valence-electron chi connectivity index (χ2n) is 4.03. The molecule has 1 heterocycles. The van der Waals surface area contributed by atoms with E-state index in [2.05, 4.69) is 4.90 Å². The first-order valence-electron chi connectivity index (χ1n) is 5.79. The Balaban J connectivity index is 2.34. The molecule has 1 N–H and O–H groups in total. The summed E-state index contributed by atoms with van der Waals surface area (Å²) >= 11 is 0. The lowest BCUT2D eigenvalue weighted by molar-refractivity contribution is -0.145. The fourth-order valence-electron chi connectivity index (χ4n) is 1.84. The van der Waals surface area contributed by atoms with Crippen LogP contribution < -0.4 is 0 Å². The monoisotopic (exact) mass is 231 g/mol. The molecule has 0 saturated carbocycles. The highest BCUT2D eigenvalue weighted by molar-refractivity contribution is 5.70. The van der Waals surface area contributed by atoms with Gasteiger partial charge in [0.2, 0.25) is 0 Å². The van der Waals surface area contributed by atoms with Crippen molar-refractivity contribution in [3.8, 4) is 0 Å². The quantitative estimate of drug-likeness (QED) is 0.676. The summed E-state index contributed by atoms with van der Waals surface area (Å²) in [6.45, 7) is 6.35. The van der Waals surface area contributed by atoms with Crippen LogP contribution in [-0.4, -0.2) is 61.0 Å². The van der Waals surface area contributed by atoms with Crippen LogP contribution in [0.15, 0.2) is 0 Å². The third-order valence-electron chi connectivity index (χ3n) is 2.76. The van der Waals surface area contributed by atoms with Gasteiger partial charge in [-0.1, -0.05) is 0 Å². The molecule has 1 aliphatic rings. The molecular formula is C11H21NO4. The number of carbonyl (C=O) groups excluding carboxylic acids is 1. The van der Waals surface area contributed by atoms with Gasteiger partial charge in [0.05, 0.1) is 32.3 Å². The number of nitrogens with zero attached hydrogens (tertiary/aromatic N) is 1. The molecule has 1 saturated heterocycles. The minimum absolute atomic E-state index is 0.0304. The van der Waals surface area contributed by atoms with Crippen LogP contribution in [0, 0.1) is 0 Å². The topological polar surface area (TPSA) is 59.0 Å². The summed E-state index contributed by atoms with van der Waals surface area (Å²) in [6.07, 6.45) is 0.268. The summed E-state index contributed by atoms with van der Waals surface area (Å²) < 4.78 is 10.3. The largest absolute Gasteiger partial charge is 0.466 e. The summed E-state index contributed by atoms with van der Waals surface area (Å²) in [5, 5.41) is 9.01. The van der Waals surface area contributed by atoms with E-state index in [0.29, 0.717) is 26.2 Å². The summed E-state index contributed by atoms with van der Waals surface area (Å²) in [4.78, 5) is 13.5. The Bertz CT molecular complexity index is 222. The van der Waals surface area contributed by atoms with Crippen LogP contribution in [0.1, 0.15) is 20.3 Å². The van der Waals surface area contributed by atoms with Crippen molar-refractivity contribution in [2.24, 2.45) is 0 Å². The number of aliphatic hydroxyl groups is 1. The number of hydrogen-bond acceptors (Lipinski definition) is 5. The Labute approximate surface area is 96.3 Å². The number of aliphatic hydroxyl groups excluding tert-OH is 1. The van der Waals surface area contributed by atoms with Crippen molar-refractivity contribution in [1.82, 2.24) is 4.90 Å². The molecule has 0 aliphatic carbocycles.